The van der Waals surface area contributed by atoms with E-state index in [2.05, 4.69) is 10.6 Å². The molecule has 6 nitrogen and oxygen atoms in total. The van der Waals surface area contributed by atoms with Crippen molar-refractivity contribution < 1.29 is 19.0 Å². The topological polar surface area (TPSA) is 68.8 Å². The van der Waals surface area contributed by atoms with Crippen LogP contribution in [0.25, 0.3) is 5.70 Å². The molecule has 0 saturated carbocycles. The van der Waals surface area contributed by atoms with Gasteiger partial charge in [0.25, 0.3) is 0 Å². The van der Waals surface area contributed by atoms with E-state index in [9.17, 15) is 4.79 Å². The lowest BCUT2D eigenvalue weighted by Crippen LogP contribution is -2.45. The summed E-state index contributed by atoms with van der Waals surface area (Å²) in [5.41, 5.74) is 2.63. The third-order valence-electron chi connectivity index (χ3n) is 4.46. The maximum absolute atomic E-state index is 13.0. The minimum absolute atomic E-state index is 0.262. The molecule has 0 aliphatic carbocycles. The van der Waals surface area contributed by atoms with Crippen LogP contribution in [0.1, 0.15) is 31.0 Å². The summed E-state index contributed by atoms with van der Waals surface area (Å²) in [7, 11) is 1.58. The summed E-state index contributed by atoms with van der Waals surface area (Å²) in [6.07, 6.45) is 0. The zero-order valence-corrected chi connectivity index (χ0v) is 17.5. The van der Waals surface area contributed by atoms with E-state index in [4.69, 9.17) is 26.4 Å². The van der Waals surface area contributed by atoms with Crippen LogP contribution in [0.2, 0.25) is 0 Å². The fraction of sp³-hybridized carbons (Fsp3) is 0.273. The number of ether oxygens (including phenoxy) is 3. The van der Waals surface area contributed by atoms with Gasteiger partial charge in [-0.2, -0.15) is 0 Å². The number of carbonyl (C=O) groups is 1. The molecule has 1 heterocycles. The average molecular weight is 413 g/mol. The summed E-state index contributed by atoms with van der Waals surface area (Å²) in [6, 6.07) is 14.6. The Morgan fingerprint density at radius 1 is 1.07 bits per heavy atom. The Hall–Kier alpha value is -3.06. The Labute approximate surface area is 175 Å². The van der Waals surface area contributed by atoms with E-state index >= 15 is 0 Å². The first kappa shape index (κ1) is 20.7. The highest BCUT2D eigenvalue weighted by Gasteiger charge is 2.35. The molecule has 1 atom stereocenters. The van der Waals surface area contributed by atoms with E-state index in [1.807, 2.05) is 55.5 Å². The van der Waals surface area contributed by atoms with Crippen LogP contribution in [0, 0.1) is 0 Å². The molecule has 0 aromatic heterocycles. The van der Waals surface area contributed by atoms with Crippen LogP contribution in [-0.4, -0.2) is 31.4 Å². The van der Waals surface area contributed by atoms with E-state index in [0.717, 1.165) is 11.1 Å². The Kier molecular flexibility index (Phi) is 6.72. The van der Waals surface area contributed by atoms with Crippen molar-refractivity contribution in [3.63, 3.8) is 0 Å². The van der Waals surface area contributed by atoms with Crippen LogP contribution in [0.15, 0.2) is 54.1 Å². The fourth-order valence-electron chi connectivity index (χ4n) is 3.28. The van der Waals surface area contributed by atoms with E-state index in [-0.39, 0.29) is 6.61 Å². The second-order valence-electron chi connectivity index (χ2n) is 6.22. The maximum Gasteiger partial charge on any atom is 0.338 e. The Morgan fingerprint density at radius 2 is 1.83 bits per heavy atom. The third-order valence-corrected chi connectivity index (χ3v) is 4.68. The van der Waals surface area contributed by atoms with Crippen molar-refractivity contribution in [2.75, 3.05) is 20.3 Å². The number of benzene rings is 2. The van der Waals surface area contributed by atoms with Crippen LogP contribution in [-0.2, 0) is 9.53 Å². The number of nitrogens with one attached hydrogen (secondary N) is 2. The first-order chi connectivity index (χ1) is 14.1. The Morgan fingerprint density at radius 3 is 2.48 bits per heavy atom. The molecule has 2 aromatic carbocycles. The molecule has 0 saturated heterocycles. The molecule has 2 N–H and O–H groups in total. The number of thiocarbonyl (C=S) groups is 1. The number of hydrogen-bond acceptors (Lipinski definition) is 5. The second kappa shape index (κ2) is 9.43. The molecule has 0 fully saturated rings. The largest absolute Gasteiger partial charge is 0.493 e. The maximum atomic E-state index is 13.0. The molecule has 0 amide bonds. The van der Waals surface area contributed by atoms with Gasteiger partial charge in [0.1, 0.15) is 0 Å². The van der Waals surface area contributed by atoms with Crippen LogP contribution in [0.4, 0.5) is 0 Å². The van der Waals surface area contributed by atoms with Crippen molar-refractivity contribution in [2.45, 2.75) is 19.9 Å². The van der Waals surface area contributed by atoms with Gasteiger partial charge in [0.05, 0.1) is 37.6 Å². The first-order valence-electron chi connectivity index (χ1n) is 9.44. The number of rotatable bonds is 7. The summed E-state index contributed by atoms with van der Waals surface area (Å²) in [4.78, 5) is 13.0. The van der Waals surface area contributed by atoms with Gasteiger partial charge in [0.2, 0.25) is 0 Å². The molecular formula is C22H24N2O4S. The summed E-state index contributed by atoms with van der Waals surface area (Å²) >= 11 is 5.45. The van der Waals surface area contributed by atoms with E-state index in [1.165, 1.54) is 0 Å². The Balaban J connectivity index is 2.24. The van der Waals surface area contributed by atoms with Crippen LogP contribution in [0.3, 0.4) is 0 Å². The normalized spacial score (nSPS) is 16.0. The molecule has 0 radical (unpaired) electrons. The molecule has 1 aliphatic rings. The van der Waals surface area contributed by atoms with Crippen molar-refractivity contribution in [1.29, 1.82) is 0 Å². The van der Waals surface area contributed by atoms with Crippen molar-refractivity contribution in [2.24, 2.45) is 0 Å². The molecule has 1 aliphatic heterocycles. The monoisotopic (exact) mass is 412 g/mol. The van der Waals surface area contributed by atoms with Crippen molar-refractivity contribution in [1.82, 2.24) is 10.6 Å². The van der Waals surface area contributed by atoms with Crippen LogP contribution in [0.5, 0.6) is 11.5 Å². The molecule has 2 aromatic rings. The van der Waals surface area contributed by atoms with Gasteiger partial charge in [0.15, 0.2) is 16.6 Å². The van der Waals surface area contributed by atoms with Gasteiger partial charge in [0, 0.05) is 5.56 Å². The smallest absolute Gasteiger partial charge is 0.338 e. The van der Waals surface area contributed by atoms with Gasteiger partial charge < -0.3 is 24.8 Å². The minimum Gasteiger partial charge on any atom is -0.493 e. The number of para-hydroxylation sites is 1. The van der Waals surface area contributed by atoms with Crippen molar-refractivity contribution >= 4 is 29.0 Å². The molecule has 7 heteroatoms. The molecular weight excluding hydrogens is 388 g/mol. The highest BCUT2D eigenvalue weighted by Crippen LogP contribution is 2.40. The minimum atomic E-state index is -0.561. The van der Waals surface area contributed by atoms with Crippen molar-refractivity contribution in [3.05, 3.63) is 65.2 Å². The number of methoxy groups -OCH3 is 1. The summed E-state index contributed by atoms with van der Waals surface area (Å²) < 4.78 is 16.7. The molecule has 0 bridgehead atoms. The lowest BCUT2D eigenvalue weighted by atomic mass is 9.92. The SMILES string of the molecule is CCOC(=O)C1=C(c2ccccc2)NC(=S)N[C@H]1c1cccc(OC)c1OCC. The van der Waals surface area contributed by atoms with E-state index < -0.39 is 12.0 Å². The number of esters is 1. The standard InChI is InChI=1S/C22H24N2O4S/c1-4-27-20-15(12-9-13-16(20)26-3)19-17(21(25)28-5-2)18(23-22(29)24-19)14-10-7-6-8-11-14/h6-13,19H,4-5H2,1-3H3,(H2,23,24,29)/t19-/m0/s1. The van der Waals surface area contributed by atoms with E-state index in [1.54, 1.807) is 14.0 Å². The zero-order valence-electron chi connectivity index (χ0n) is 16.7. The van der Waals surface area contributed by atoms with Gasteiger partial charge in [-0.15, -0.1) is 0 Å². The summed E-state index contributed by atoms with van der Waals surface area (Å²) in [5.74, 6) is 0.720. The summed E-state index contributed by atoms with van der Waals surface area (Å²) in [6.45, 7) is 4.39. The van der Waals surface area contributed by atoms with E-state index in [0.29, 0.717) is 34.5 Å². The fourth-order valence-corrected chi connectivity index (χ4v) is 3.50. The lowest BCUT2D eigenvalue weighted by Gasteiger charge is -2.32. The van der Waals surface area contributed by atoms with Gasteiger partial charge in [-0.05, 0) is 37.7 Å². The lowest BCUT2D eigenvalue weighted by molar-refractivity contribution is -0.138. The molecule has 3 rings (SSSR count). The van der Waals surface area contributed by atoms with Crippen LogP contribution >= 0.6 is 12.2 Å². The van der Waals surface area contributed by atoms with Gasteiger partial charge in [-0.25, -0.2) is 4.79 Å². The molecule has 0 unspecified atom stereocenters. The predicted octanol–water partition coefficient (Wildman–Crippen LogP) is 3.59. The highest BCUT2D eigenvalue weighted by atomic mass is 32.1. The van der Waals surface area contributed by atoms with Gasteiger partial charge >= 0.3 is 5.97 Å². The molecule has 152 valence electrons. The summed E-state index contributed by atoms with van der Waals surface area (Å²) in [5, 5.41) is 6.74. The van der Waals surface area contributed by atoms with Gasteiger partial charge in [-0.1, -0.05) is 42.5 Å². The Bertz CT molecular complexity index is 928. The number of carbonyl (C=O) groups excluding carboxylic acids is 1. The quantitative estimate of drug-likeness (QED) is 0.532. The van der Waals surface area contributed by atoms with Crippen molar-refractivity contribution in [3.8, 4) is 11.5 Å². The number of hydrogen-bond donors (Lipinski definition) is 2. The predicted molar refractivity (Wildman–Crippen MR) is 116 cm³/mol. The molecule has 0 spiro atoms. The van der Waals surface area contributed by atoms with Gasteiger partial charge in [-0.3, -0.25) is 0 Å². The average Bonchev–Trinajstić information content (AvgIpc) is 2.74. The first-order valence-corrected chi connectivity index (χ1v) is 9.85. The zero-order chi connectivity index (χ0) is 20.8. The molecule has 29 heavy (non-hydrogen) atoms. The third kappa shape index (κ3) is 4.35. The second-order valence-corrected chi connectivity index (χ2v) is 6.63. The highest BCUT2D eigenvalue weighted by molar-refractivity contribution is 7.80. The van der Waals surface area contributed by atoms with Crippen LogP contribution < -0.4 is 20.1 Å².